The molecule has 0 radical (unpaired) electrons. The van der Waals surface area contributed by atoms with Crippen LogP contribution in [-0.4, -0.2) is 12.1 Å². The van der Waals surface area contributed by atoms with Crippen LogP contribution in [0.4, 0.5) is 0 Å². The topological polar surface area (TPSA) is 29.4 Å². The molecule has 0 spiro atoms. The molecule has 2 rings (SSSR count). The molecule has 2 atom stereocenters. The van der Waals surface area contributed by atoms with Crippen LogP contribution in [0.1, 0.15) is 37.2 Å². The molecule has 78 valence electrons. The highest BCUT2D eigenvalue weighted by Crippen LogP contribution is 2.33. The summed E-state index contributed by atoms with van der Waals surface area (Å²) in [5.74, 6) is 0.571. The predicted octanol–water partition coefficient (Wildman–Crippen LogP) is 3.05. The van der Waals surface area contributed by atoms with Crippen molar-refractivity contribution in [1.82, 2.24) is 0 Å². The van der Waals surface area contributed by atoms with Gasteiger partial charge in [-0.2, -0.15) is 0 Å². The van der Waals surface area contributed by atoms with Crippen molar-refractivity contribution in [2.45, 2.75) is 37.6 Å². The number of hydrogen-bond donors (Lipinski definition) is 0. The molecule has 1 saturated carbocycles. The summed E-state index contributed by atoms with van der Waals surface area (Å²) in [5, 5.41) is 0. The Balaban J connectivity index is 2.07. The molecule has 1 aromatic rings. The van der Waals surface area contributed by atoms with E-state index < -0.39 is 0 Å². The molecule has 2 unspecified atom stereocenters. The van der Waals surface area contributed by atoms with Crippen LogP contribution in [0, 0.1) is 0 Å². The third-order valence-corrected chi connectivity index (χ3v) is 3.15. The zero-order valence-corrected chi connectivity index (χ0v) is 8.73. The van der Waals surface area contributed by atoms with Gasteiger partial charge in [-0.1, -0.05) is 36.8 Å². The molecule has 0 heterocycles. The van der Waals surface area contributed by atoms with Crippen LogP contribution in [0.5, 0.6) is 0 Å². The van der Waals surface area contributed by atoms with E-state index in [0.717, 1.165) is 19.3 Å². The lowest BCUT2D eigenvalue weighted by atomic mass is 9.82. The molecule has 2 nitrogen and oxygen atoms in total. The van der Waals surface area contributed by atoms with E-state index in [4.69, 9.17) is 0 Å². The van der Waals surface area contributed by atoms with E-state index in [1.54, 1.807) is 6.08 Å². The van der Waals surface area contributed by atoms with E-state index in [1.165, 1.54) is 12.0 Å². The summed E-state index contributed by atoms with van der Waals surface area (Å²) in [6.45, 7) is 0. The quantitative estimate of drug-likeness (QED) is 0.534. The van der Waals surface area contributed by atoms with E-state index in [9.17, 15) is 4.79 Å². The molecule has 0 aromatic heterocycles. The van der Waals surface area contributed by atoms with E-state index >= 15 is 0 Å². The van der Waals surface area contributed by atoms with E-state index in [-0.39, 0.29) is 6.04 Å². The van der Waals surface area contributed by atoms with Gasteiger partial charge in [0.2, 0.25) is 6.08 Å². The van der Waals surface area contributed by atoms with Crippen molar-refractivity contribution in [3.63, 3.8) is 0 Å². The lowest BCUT2D eigenvalue weighted by Crippen LogP contribution is -2.16. The molecule has 0 bridgehead atoms. The van der Waals surface area contributed by atoms with Gasteiger partial charge in [0, 0.05) is 0 Å². The molecule has 2 heteroatoms. The second kappa shape index (κ2) is 4.90. The maximum absolute atomic E-state index is 10.2. The minimum absolute atomic E-state index is 0.196. The fourth-order valence-electron chi connectivity index (χ4n) is 2.38. The van der Waals surface area contributed by atoms with Gasteiger partial charge in [0.05, 0.1) is 6.04 Å². The fraction of sp³-hybridized carbons (Fsp3) is 0.462. The SMILES string of the molecule is O=C=NC1CCCC(c2ccccc2)C1. The molecule has 0 saturated heterocycles. The van der Waals surface area contributed by atoms with Crippen molar-refractivity contribution >= 4 is 6.08 Å². The van der Waals surface area contributed by atoms with Crippen LogP contribution >= 0.6 is 0 Å². The van der Waals surface area contributed by atoms with Gasteiger partial charge in [0.15, 0.2) is 0 Å². The summed E-state index contributed by atoms with van der Waals surface area (Å²) in [5.41, 5.74) is 1.38. The number of carbonyl (C=O) groups excluding carboxylic acids is 1. The normalized spacial score (nSPS) is 25.6. The Hall–Kier alpha value is -1.40. The van der Waals surface area contributed by atoms with Crippen LogP contribution in [0.25, 0.3) is 0 Å². The summed E-state index contributed by atoms with van der Waals surface area (Å²) >= 11 is 0. The summed E-state index contributed by atoms with van der Waals surface area (Å²) < 4.78 is 0. The fourth-order valence-corrected chi connectivity index (χ4v) is 2.38. The standard InChI is InChI=1S/C13H15NO/c15-10-14-13-8-4-7-12(9-13)11-5-2-1-3-6-11/h1-3,5-6,12-13H,4,7-9H2. The van der Waals surface area contributed by atoms with Gasteiger partial charge in [0.1, 0.15) is 0 Å². The highest BCUT2D eigenvalue weighted by molar-refractivity contribution is 5.33. The minimum Gasteiger partial charge on any atom is -0.211 e. The molecule has 1 aliphatic rings. The molecule has 0 amide bonds. The third kappa shape index (κ3) is 2.54. The second-order valence-corrected chi connectivity index (χ2v) is 4.15. The van der Waals surface area contributed by atoms with Crippen LogP contribution in [0.15, 0.2) is 35.3 Å². The van der Waals surface area contributed by atoms with Crippen molar-refractivity contribution < 1.29 is 4.79 Å². The number of hydrogen-bond acceptors (Lipinski definition) is 2. The molecule has 0 N–H and O–H groups in total. The first kappa shape index (κ1) is 10.1. The van der Waals surface area contributed by atoms with Crippen LogP contribution in [0.2, 0.25) is 0 Å². The van der Waals surface area contributed by atoms with Gasteiger partial charge in [-0.05, 0) is 30.7 Å². The summed E-state index contributed by atoms with van der Waals surface area (Å²) in [7, 11) is 0. The van der Waals surface area contributed by atoms with Crippen molar-refractivity contribution in [2.24, 2.45) is 4.99 Å². The van der Waals surface area contributed by atoms with Gasteiger partial charge >= 0.3 is 0 Å². The monoisotopic (exact) mass is 201 g/mol. The average molecular weight is 201 g/mol. The van der Waals surface area contributed by atoms with E-state index in [0.29, 0.717) is 5.92 Å². The largest absolute Gasteiger partial charge is 0.235 e. The van der Waals surface area contributed by atoms with Gasteiger partial charge < -0.3 is 0 Å². The third-order valence-electron chi connectivity index (χ3n) is 3.15. The second-order valence-electron chi connectivity index (χ2n) is 4.15. The Morgan fingerprint density at radius 2 is 2.00 bits per heavy atom. The Bertz CT molecular complexity index is 354. The van der Waals surface area contributed by atoms with Gasteiger partial charge in [-0.15, -0.1) is 0 Å². The van der Waals surface area contributed by atoms with Gasteiger partial charge in [-0.25, -0.2) is 9.79 Å². The van der Waals surface area contributed by atoms with Crippen molar-refractivity contribution in [2.75, 3.05) is 0 Å². The summed E-state index contributed by atoms with van der Waals surface area (Å²) in [6.07, 6.45) is 6.10. The predicted molar refractivity (Wildman–Crippen MR) is 59.6 cm³/mol. The highest BCUT2D eigenvalue weighted by atomic mass is 16.1. The molecule has 0 aliphatic heterocycles. The first-order valence-electron chi connectivity index (χ1n) is 5.52. The number of isocyanates is 1. The zero-order valence-electron chi connectivity index (χ0n) is 8.73. The van der Waals surface area contributed by atoms with Crippen LogP contribution in [0.3, 0.4) is 0 Å². The Morgan fingerprint density at radius 3 is 2.73 bits per heavy atom. The zero-order chi connectivity index (χ0) is 10.5. The molecule has 1 aromatic carbocycles. The summed E-state index contributed by atoms with van der Waals surface area (Å²) in [4.78, 5) is 14.1. The molecule has 1 fully saturated rings. The first-order valence-corrected chi connectivity index (χ1v) is 5.52. The van der Waals surface area contributed by atoms with Gasteiger partial charge in [-0.3, -0.25) is 0 Å². The smallest absolute Gasteiger partial charge is 0.211 e. The summed E-state index contributed by atoms with van der Waals surface area (Å²) in [6, 6.07) is 10.7. The number of nitrogens with zero attached hydrogens (tertiary/aromatic N) is 1. The number of rotatable bonds is 2. The van der Waals surface area contributed by atoms with Gasteiger partial charge in [0.25, 0.3) is 0 Å². The lowest BCUT2D eigenvalue weighted by molar-refractivity contribution is 0.393. The first-order chi connectivity index (χ1) is 7.40. The Kier molecular flexibility index (Phi) is 3.31. The van der Waals surface area contributed by atoms with Crippen molar-refractivity contribution in [3.8, 4) is 0 Å². The van der Waals surface area contributed by atoms with Crippen LogP contribution in [-0.2, 0) is 4.79 Å². The van der Waals surface area contributed by atoms with E-state index in [1.807, 2.05) is 6.07 Å². The average Bonchev–Trinajstić information content (AvgIpc) is 2.31. The minimum atomic E-state index is 0.196. The van der Waals surface area contributed by atoms with Crippen LogP contribution < -0.4 is 0 Å². The highest BCUT2D eigenvalue weighted by Gasteiger charge is 2.22. The van der Waals surface area contributed by atoms with Crippen molar-refractivity contribution in [3.05, 3.63) is 35.9 Å². The Labute approximate surface area is 90.0 Å². The number of benzene rings is 1. The van der Waals surface area contributed by atoms with E-state index in [2.05, 4.69) is 29.3 Å². The Morgan fingerprint density at radius 1 is 1.20 bits per heavy atom. The molecular formula is C13H15NO. The molecular weight excluding hydrogens is 186 g/mol. The maximum atomic E-state index is 10.2. The maximum Gasteiger partial charge on any atom is 0.235 e. The van der Waals surface area contributed by atoms with Crippen molar-refractivity contribution in [1.29, 1.82) is 0 Å². The molecule has 1 aliphatic carbocycles. The lowest BCUT2D eigenvalue weighted by Gasteiger charge is -2.26. The number of aliphatic imine (C=N–C) groups is 1. The molecule has 15 heavy (non-hydrogen) atoms.